The first-order valence-corrected chi connectivity index (χ1v) is 10.6. The van der Waals surface area contributed by atoms with E-state index in [2.05, 4.69) is 56.9 Å². The maximum atomic E-state index is 10.9. The standard InChI is InChI=1S/C24H24N8O2/c1-15(2)16-3-7-18(8-4-16)26-22-29-23(27-19-9-5-17(25)6-10-19)31-24(30-22)28-20-11-13-21(14-12-20)32(33)34/h3-15H,25H2,1-2H3,(H3,26,27,28,29,30,31). The van der Waals surface area contributed by atoms with E-state index in [0.29, 0.717) is 29.2 Å². The summed E-state index contributed by atoms with van der Waals surface area (Å²) in [5.74, 6) is 1.34. The van der Waals surface area contributed by atoms with Crippen molar-refractivity contribution >= 4 is 46.3 Å². The van der Waals surface area contributed by atoms with E-state index in [-0.39, 0.29) is 11.6 Å². The van der Waals surface area contributed by atoms with E-state index in [1.54, 1.807) is 24.3 Å². The highest BCUT2D eigenvalue weighted by Crippen LogP contribution is 2.24. The predicted molar refractivity (Wildman–Crippen MR) is 134 cm³/mol. The SMILES string of the molecule is CC(C)c1ccc(Nc2nc(Nc3ccc(N)cc3)nc(Nc3ccc([N+](=O)[O-])cc3)n2)cc1. The first-order valence-electron chi connectivity index (χ1n) is 10.6. The van der Waals surface area contributed by atoms with Gasteiger partial charge in [0.2, 0.25) is 17.8 Å². The fourth-order valence-corrected chi connectivity index (χ4v) is 3.12. The summed E-state index contributed by atoms with van der Waals surface area (Å²) in [6.45, 7) is 4.28. The second-order valence-corrected chi connectivity index (χ2v) is 7.88. The van der Waals surface area contributed by atoms with Crippen LogP contribution in [-0.4, -0.2) is 19.9 Å². The molecular formula is C24H24N8O2. The van der Waals surface area contributed by atoms with Crippen LogP contribution in [0.5, 0.6) is 0 Å². The lowest BCUT2D eigenvalue weighted by atomic mass is 10.0. The van der Waals surface area contributed by atoms with E-state index in [1.165, 1.54) is 17.7 Å². The molecule has 0 fully saturated rings. The maximum Gasteiger partial charge on any atom is 0.269 e. The molecule has 4 aromatic rings. The molecule has 3 aromatic carbocycles. The molecule has 0 amide bonds. The van der Waals surface area contributed by atoms with Crippen molar-refractivity contribution in [1.29, 1.82) is 0 Å². The molecule has 0 unspecified atom stereocenters. The van der Waals surface area contributed by atoms with Gasteiger partial charge in [-0.3, -0.25) is 10.1 Å². The van der Waals surface area contributed by atoms with Crippen molar-refractivity contribution in [3.63, 3.8) is 0 Å². The third kappa shape index (κ3) is 5.74. The molecule has 0 bridgehead atoms. The largest absolute Gasteiger partial charge is 0.399 e. The van der Waals surface area contributed by atoms with Crippen LogP contribution in [0.4, 0.5) is 46.3 Å². The molecule has 0 atom stereocenters. The molecule has 10 nitrogen and oxygen atoms in total. The number of nitrogens with zero attached hydrogens (tertiary/aromatic N) is 4. The number of nitrogens with one attached hydrogen (secondary N) is 3. The smallest absolute Gasteiger partial charge is 0.269 e. The lowest BCUT2D eigenvalue weighted by molar-refractivity contribution is -0.384. The number of nitro groups is 1. The highest BCUT2D eigenvalue weighted by Gasteiger charge is 2.10. The summed E-state index contributed by atoms with van der Waals surface area (Å²) < 4.78 is 0. The van der Waals surface area contributed by atoms with Crippen LogP contribution >= 0.6 is 0 Å². The topological polar surface area (TPSA) is 144 Å². The number of nitro benzene ring substituents is 1. The number of nitrogens with two attached hydrogens (primary N) is 1. The van der Waals surface area contributed by atoms with Crippen LogP contribution in [0, 0.1) is 10.1 Å². The number of benzene rings is 3. The van der Waals surface area contributed by atoms with Gasteiger partial charge in [0.25, 0.3) is 5.69 Å². The molecule has 0 saturated carbocycles. The molecule has 0 aliphatic heterocycles. The Bertz CT molecular complexity index is 1270. The molecule has 0 radical (unpaired) electrons. The summed E-state index contributed by atoms with van der Waals surface area (Å²) in [7, 11) is 0. The van der Waals surface area contributed by atoms with E-state index in [1.807, 2.05) is 24.3 Å². The zero-order valence-corrected chi connectivity index (χ0v) is 18.7. The molecule has 0 aliphatic carbocycles. The molecule has 4 rings (SSSR count). The summed E-state index contributed by atoms with van der Waals surface area (Å²) >= 11 is 0. The third-order valence-electron chi connectivity index (χ3n) is 4.97. The van der Waals surface area contributed by atoms with Crippen LogP contribution < -0.4 is 21.7 Å². The maximum absolute atomic E-state index is 10.9. The summed E-state index contributed by atoms with van der Waals surface area (Å²) in [5, 5.41) is 20.3. The minimum atomic E-state index is -0.450. The number of hydrogen-bond acceptors (Lipinski definition) is 9. The number of anilines is 7. The quantitative estimate of drug-likeness (QED) is 0.149. The normalized spacial score (nSPS) is 10.7. The van der Waals surface area contributed by atoms with Crippen molar-refractivity contribution in [3.05, 3.63) is 88.5 Å². The van der Waals surface area contributed by atoms with Crippen LogP contribution in [0.1, 0.15) is 25.3 Å². The lowest BCUT2D eigenvalue weighted by Gasteiger charge is -2.12. The minimum absolute atomic E-state index is 0.000830. The fourth-order valence-electron chi connectivity index (χ4n) is 3.12. The Morgan fingerprint density at radius 2 is 1.09 bits per heavy atom. The van der Waals surface area contributed by atoms with Gasteiger partial charge in [-0.2, -0.15) is 15.0 Å². The van der Waals surface area contributed by atoms with E-state index in [0.717, 1.165) is 11.4 Å². The molecule has 1 heterocycles. The Balaban J connectivity index is 1.62. The molecule has 0 aliphatic rings. The van der Waals surface area contributed by atoms with Crippen LogP contribution in [0.15, 0.2) is 72.8 Å². The van der Waals surface area contributed by atoms with Gasteiger partial charge >= 0.3 is 0 Å². The Kier molecular flexibility index (Phi) is 6.49. The summed E-state index contributed by atoms with van der Waals surface area (Å²) in [6, 6.07) is 21.2. The van der Waals surface area contributed by atoms with Gasteiger partial charge in [0.15, 0.2) is 0 Å². The first-order chi connectivity index (χ1) is 16.4. The van der Waals surface area contributed by atoms with Crippen molar-refractivity contribution in [1.82, 2.24) is 15.0 Å². The van der Waals surface area contributed by atoms with Gasteiger partial charge in [-0.05, 0) is 60.0 Å². The first kappa shape index (κ1) is 22.5. The molecule has 0 saturated heterocycles. The monoisotopic (exact) mass is 456 g/mol. The van der Waals surface area contributed by atoms with Crippen LogP contribution in [0.2, 0.25) is 0 Å². The Morgan fingerprint density at radius 3 is 1.47 bits per heavy atom. The zero-order valence-electron chi connectivity index (χ0n) is 18.7. The highest BCUT2D eigenvalue weighted by atomic mass is 16.6. The average molecular weight is 457 g/mol. The van der Waals surface area contributed by atoms with Crippen LogP contribution in [0.25, 0.3) is 0 Å². The number of aromatic nitrogens is 3. The number of non-ortho nitro benzene ring substituents is 1. The Morgan fingerprint density at radius 1 is 0.706 bits per heavy atom. The van der Waals surface area contributed by atoms with Gasteiger partial charge in [0, 0.05) is 34.9 Å². The molecule has 0 spiro atoms. The second kappa shape index (κ2) is 9.82. The van der Waals surface area contributed by atoms with Crippen molar-refractivity contribution in [3.8, 4) is 0 Å². The predicted octanol–water partition coefficient (Wildman–Crippen LogP) is 5.72. The van der Waals surface area contributed by atoms with Crippen molar-refractivity contribution in [2.24, 2.45) is 0 Å². The minimum Gasteiger partial charge on any atom is -0.399 e. The molecule has 5 N–H and O–H groups in total. The van der Waals surface area contributed by atoms with Gasteiger partial charge in [0.05, 0.1) is 4.92 Å². The lowest BCUT2D eigenvalue weighted by Crippen LogP contribution is -2.07. The number of nitrogen functional groups attached to an aromatic ring is 1. The summed E-state index contributed by atoms with van der Waals surface area (Å²) in [5.41, 5.74) is 9.83. The van der Waals surface area contributed by atoms with Crippen LogP contribution in [-0.2, 0) is 0 Å². The van der Waals surface area contributed by atoms with E-state index in [4.69, 9.17) is 5.73 Å². The van der Waals surface area contributed by atoms with Crippen LogP contribution in [0.3, 0.4) is 0 Å². The number of rotatable bonds is 8. The number of hydrogen-bond donors (Lipinski definition) is 4. The molecule has 34 heavy (non-hydrogen) atoms. The second-order valence-electron chi connectivity index (χ2n) is 7.88. The van der Waals surface area contributed by atoms with Gasteiger partial charge < -0.3 is 21.7 Å². The van der Waals surface area contributed by atoms with E-state index < -0.39 is 4.92 Å². The summed E-state index contributed by atoms with van der Waals surface area (Å²) in [6.07, 6.45) is 0. The Labute approximate surface area is 196 Å². The van der Waals surface area contributed by atoms with E-state index in [9.17, 15) is 10.1 Å². The fraction of sp³-hybridized carbons (Fsp3) is 0.125. The third-order valence-corrected chi connectivity index (χ3v) is 4.97. The van der Waals surface area contributed by atoms with Gasteiger partial charge in [-0.25, -0.2) is 0 Å². The van der Waals surface area contributed by atoms with Gasteiger partial charge in [-0.1, -0.05) is 26.0 Å². The van der Waals surface area contributed by atoms with Gasteiger partial charge in [-0.15, -0.1) is 0 Å². The van der Waals surface area contributed by atoms with Crippen molar-refractivity contribution in [2.45, 2.75) is 19.8 Å². The Hall–Kier alpha value is -4.73. The molecule has 1 aromatic heterocycles. The van der Waals surface area contributed by atoms with Crippen molar-refractivity contribution in [2.75, 3.05) is 21.7 Å². The molecule has 172 valence electrons. The highest BCUT2D eigenvalue weighted by molar-refractivity contribution is 5.63. The van der Waals surface area contributed by atoms with Gasteiger partial charge in [0.1, 0.15) is 0 Å². The zero-order chi connectivity index (χ0) is 24.1. The molecular weight excluding hydrogens is 432 g/mol. The van der Waals surface area contributed by atoms with Crippen molar-refractivity contribution < 1.29 is 4.92 Å². The molecule has 10 heteroatoms. The summed E-state index contributed by atoms with van der Waals surface area (Å²) in [4.78, 5) is 23.8. The average Bonchev–Trinajstić information content (AvgIpc) is 2.81. The van der Waals surface area contributed by atoms with E-state index >= 15 is 0 Å².